The number of benzene rings is 6. The molecule has 0 N–H and O–H groups in total. The lowest BCUT2D eigenvalue weighted by Crippen LogP contribution is -2.15. The van der Waals surface area contributed by atoms with Crippen molar-refractivity contribution in [3.05, 3.63) is 178 Å². The van der Waals surface area contributed by atoms with Gasteiger partial charge in [0, 0.05) is 0 Å². The molecule has 0 radical (unpaired) electrons. The Balaban J connectivity index is 0.805. The van der Waals surface area contributed by atoms with Crippen LogP contribution in [0.25, 0.3) is 0 Å². The molecule has 10 rings (SSSR count). The lowest BCUT2D eigenvalue weighted by molar-refractivity contribution is 0.0718. The van der Waals surface area contributed by atoms with E-state index in [-0.39, 0.29) is 0 Å². The Bertz CT molecular complexity index is 2660. The fourth-order valence-corrected chi connectivity index (χ4v) is 10.4. The van der Waals surface area contributed by atoms with Crippen molar-refractivity contribution in [1.29, 1.82) is 0 Å². The first kappa shape index (κ1) is 62.4. The van der Waals surface area contributed by atoms with E-state index in [1.807, 2.05) is 36.4 Å². The zero-order chi connectivity index (χ0) is 57.4. The molecule has 0 aromatic heterocycles. The number of aryl methyl sites for hydroxylation is 4. The van der Waals surface area contributed by atoms with Crippen LogP contribution >= 0.6 is 0 Å². The molecule has 0 aliphatic heterocycles. The number of esters is 4. The Labute approximate surface area is 488 Å². The molecule has 6 aromatic carbocycles. The second kappa shape index (κ2) is 35.6. The third-order valence-corrected chi connectivity index (χ3v) is 15.4. The van der Waals surface area contributed by atoms with Crippen LogP contribution in [0.1, 0.15) is 232 Å². The summed E-state index contributed by atoms with van der Waals surface area (Å²) in [6.07, 6.45) is 33.2. The van der Waals surface area contributed by atoms with E-state index in [2.05, 4.69) is 13.8 Å². The highest BCUT2D eigenvalue weighted by molar-refractivity contribution is 5.94. The van der Waals surface area contributed by atoms with Crippen molar-refractivity contribution in [3.8, 4) is 34.5 Å². The van der Waals surface area contributed by atoms with Gasteiger partial charge in [0.05, 0.1) is 35.5 Å². The topological polar surface area (TPSA) is 124 Å². The fraction of sp³-hybridized carbons (Fsp3) is 0.444. The van der Waals surface area contributed by atoms with Crippen LogP contribution in [0.5, 0.6) is 34.5 Å². The Morgan fingerprint density at radius 3 is 0.866 bits per heavy atom. The molecule has 0 atom stereocenters. The molecule has 82 heavy (non-hydrogen) atoms. The van der Waals surface area contributed by atoms with Crippen LogP contribution in [0, 0.1) is 0 Å². The number of hydrogen-bond donors (Lipinski definition) is 0. The summed E-state index contributed by atoms with van der Waals surface area (Å²) >= 11 is 0. The van der Waals surface area contributed by atoms with E-state index >= 15 is 0 Å². The van der Waals surface area contributed by atoms with Crippen LogP contribution < -0.4 is 28.4 Å². The van der Waals surface area contributed by atoms with Gasteiger partial charge in [0.15, 0.2) is 0 Å². The first-order chi connectivity index (χ1) is 40.2. The molecule has 0 fully saturated rings. The van der Waals surface area contributed by atoms with E-state index < -0.39 is 23.9 Å². The zero-order valence-electron chi connectivity index (χ0n) is 49.0. The molecular formula is C72H88O10. The maximum Gasteiger partial charge on any atom is 0.343 e. The molecule has 4 aliphatic rings. The van der Waals surface area contributed by atoms with Crippen LogP contribution in [-0.2, 0) is 25.7 Å². The Morgan fingerprint density at radius 1 is 0.293 bits per heavy atom. The second-order valence-electron chi connectivity index (χ2n) is 22.0. The van der Waals surface area contributed by atoms with Crippen molar-refractivity contribution in [3.63, 3.8) is 0 Å². The van der Waals surface area contributed by atoms with E-state index in [0.29, 0.717) is 84.1 Å². The highest BCUT2D eigenvalue weighted by Crippen LogP contribution is 2.28. The predicted molar refractivity (Wildman–Crippen MR) is 326 cm³/mol. The Hall–Kier alpha value is -7.20. The number of ether oxygens (including phenoxy) is 6. The fourth-order valence-electron chi connectivity index (χ4n) is 10.4. The molecule has 10 heteroatoms. The van der Waals surface area contributed by atoms with Crippen molar-refractivity contribution in [1.82, 2.24) is 0 Å². The van der Waals surface area contributed by atoms with Crippen molar-refractivity contribution in [2.45, 2.75) is 194 Å². The molecule has 10 nitrogen and oxygen atoms in total. The van der Waals surface area contributed by atoms with Gasteiger partial charge in [0.25, 0.3) is 0 Å². The van der Waals surface area contributed by atoms with Crippen molar-refractivity contribution >= 4 is 23.9 Å². The van der Waals surface area contributed by atoms with Gasteiger partial charge < -0.3 is 28.4 Å². The van der Waals surface area contributed by atoms with Gasteiger partial charge >= 0.3 is 23.9 Å². The summed E-state index contributed by atoms with van der Waals surface area (Å²) < 4.78 is 34.9. The number of hydrogen-bond acceptors (Lipinski definition) is 10. The third kappa shape index (κ3) is 21.9. The average Bonchev–Trinajstić information content (AvgIpc) is 3.57. The summed E-state index contributed by atoms with van der Waals surface area (Å²) in [4.78, 5) is 53.6. The van der Waals surface area contributed by atoms with Crippen LogP contribution in [0.4, 0.5) is 0 Å². The van der Waals surface area contributed by atoms with E-state index in [1.54, 1.807) is 97.1 Å². The summed E-state index contributed by atoms with van der Waals surface area (Å²) in [5.74, 6) is 0.746. The van der Waals surface area contributed by atoms with Crippen LogP contribution in [0.3, 0.4) is 0 Å². The second-order valence-corrected chi connectivity index (χ2v) is 22.0. The summed E-state index contributed by atoms with van der Waals surface area (Å²) in [5, 5.41) is 0. The van der Waals surface area contributed by atoms with Gasteiger partial charge in [-0.3, -0.25) is 0 Å². The first-order valence-electron chi connectivity index (χ1n) is 31.0. The molecule has 0 spiro atoms. The minimum Gasteiger partial charge on any atom is -0.494 e. The average molecular weight is 1110 g/mol. The highest BCUT2D eigenvalue weighted by atomic mass is 16.6. The maximum atomic E-state index is 13.8. The number of carbonyl (C=O) groups excluding carboxylic acids is 4. The largest absolute Gasteiger partial charge is 0.494 e. The lowest BCUT2D eigenvalue weighted by Gasteiger charge is -2.16. The van der Waals surface area contributed by atoms with Gasteiger partial charge in [0.2, 0.25) is 0 Å². The number of carbonyl (C=O) groups is 4. The van der Waals surface area contributed by atoms with Gasteiger partial charge in [-0.25, -0.2) is 19.2 Å². The third-order valence-electron chi connectivity index (χ3n) is 15.4. The number of unbranched alkanes of at least 4 members (excludes halogenated alkanes) is 22. The van der Waals surface area contributed by atoms with Crippen molar-refractivity contribution in [2.75, 3.05) is 13.2 Å². The summed E-state index contributed by atoms with van der Waals surface area (Å²) in [5.41, 5.74) is 5.23. The predicted octanol–water partition coefficient (Wildman–Crippen LogP) is 18.6. The van der Waals surface area contributed by atoms with Gasteiger partial charge in [-0.2, -0.15) is 0 Å². The molecular weight excluding hydrogens is 1020 g/mol. The van der Waals surface area contributed by atoms with Crippen molar-refractivity contribution in [2.24, 2.45) is 0 Å². The Morgan fingerprint density at radius 2 is 0.561 bits per heavy atom. The van der Waals surface area contributed by atoms with Crippen LogP contribution in [0.2, 0.25) is 0 Å². The van der Waals surface area contributed by atoms with E-state index in [0.717, 1.165) is 59.4 Å². The van der Waals surface area contributed by atoms with E-state index in [4.69, 9.17) is 28.4 Å². The number of rotatable bonds is 36. The molecule has 0 saturated carbocycles. The summed E-state index contributed by atoms with van der Waals surface area (Å²) in [6, 6.07) is 38.5. The van der Waals surface area contributed by atoms with Gasteiger partial charge in [0.1, 0.15) is 34.5 Å². The normalized spacial score (nSPS) is 11.8. The van der Waals surface area contributed by atoms with Gasteiger partial charge in [-0.15, -0.1) is 0 Å². The lowest BCUT2D eigenvalue weighted by atomic mass is 9.91. The minimum atomic E-state index is -0.500. The SMILES string of the molecule is CCCCCCCCCCCCCCOc1ccc(C(=O)Oc2ccc(OC(=O)c3cc4ccc3CCc3ccc(c(C(=O)Oc5ccc(OC(=O)c6ccc(OCCCCCCCCCCCCCC)cc6)cc5)c3)CC4)cc2)cc1. The molecule has 0 unspecified atom stereocenters. The molecule has 0 amide bonds. The smallest absolute Gasteiger partial charge is 0.343 e. The van der Waals surface area contributed by atoms with E-state index in [9.17, 15) is 19.2 Å². The zero-order valence-corrected chi connectivity index (χ0v) is 49.0. The van der Waals surface area contributed by atoms with E-state index in [1.165, 1.54) is 128 Å². The summed E-state index contributed by atoms with van der Waals surface area (Å²) in [6.45, 7) is 5.82. The van der Waals surface area contributed by atoms with Gasteiger partial charge in [-0.05, 0) is 170 Å². The maximum absolute atomic E-state index is 13.8. The highest BCUT2D eigenvalue weighted by Gasteiger charge is 2.21. The molecule has 4 bridgehead atoms. The Kier molecular flexibility index (Phi) is 27.1. The molecule has 0 heterocycles. The summed E-state index contributed by atoms with van der Waals surface area (Å²) in [7, 11) is 0. The molecule has 436 valence electrons. The monoisotopic (exact) mass is 1110 g/mol. The molecule has 0 saturated heterocycles. The van der Waals surface area contributed by atoms with Crippen LogP contribution in [0.15, 0.2) is 133 Å². The molecule has 4 aliphatic carbocycles. The van der Waals surface area contributed by atoms with Crippen molar-refractivity contribution < 1.29 is 47.6 Å². The minimum absolute atomic E-state index is 0.317. The molecule has 6 aromatic rings. The van der Waals surface area contributed by atoms with Gasteiger partial charge in [-0.1, -0.05) is 179 Å². The standard InChI is InChI=1S/C72H88O10/c1-3-5-7-9-11-13-15-17-19-21-23-25-51-77-61-39-35-59(36-40-61)69(73)79-63-43-47-65(48-44-63)81-71(75)67-53-55-27-31-57(67)33-29-56-28-32-58(34-30-55)68(54-56)72(76)82-66-49-45-64(46-50-66)80-70(74)60-37-41-62(42-38-60)78-52-26-24-22-20-18-16-14-12-10-8-6-4-2/h27-28,31-32,35-50,53-54H,3-26,29-30,33-34,51-52H2,1-2H3. The quantitative estimate of drug-likeness (QED) is 0.0213. The van der Waals surface area contributed by atoms with Crippen LogP contribution in [-0.4, -0.2) is 37.1 Å². The first-order valence-corrected chi connectivity index (χ1v) is 31.0.